The molecule has 8 nitrogen and oxygen atoms in total. The Hall–Kier alpha value is -4.59. The van der Waals surface area contributed by atoms with Crippen LogP contribution in [-0.2, 0) is 6.54 Å². The zero-order valence-corrected chi connectivity index (χ0v) is 18.8. The van der Waals surface area contributed by atoms with Crippen LogP contribution in [0.25, 0.3) is 22.0 Å². The normalized spacial score (nSPS) is 10.8. The molecule has 172 valence electrons. The predicted molar refractivity (Wildman–Crippen MR) is 131 cm³/mol. The van der Waals surface area contributed by atoms with Gasteiger partial charge in [-0.3, -0.25) is 10.2 Å². The molecule has 0 saturated heterocycles. The Morgan fingerprint density at radius 1 is 1.12 bits per heavy atom. The van der Waals surface area contributed by atoms with E-state index in [4.69, 9.17) is 15.9 Å². The summed E-state index contributed by atoms with van der Waals surface area (Å²) in [5, 5.41) is 21.2. The fourth-order valence-electron chi connectivity index (χ4n) is 4.16. The molecule has 0 aliphatic rings. The molecule has 1 heterocycles. The summed E-state index contributed by atoms with van der Waals surface area (Å²) in [6.45, 7) is 0.151. The topological polar surface area (TPSA) is 130 Å². The van der Waals surface area contributed by atoms with Crippen molar-refractivity contribution in [1.29, 1.82) is 5.41 Å². The highest BCUT2D eigenvalue weighted by molar-refractivity contribution is 6.09. The number of amidine groups is 1. The van der Waals surface area contributed by atoms with Crippen LogP contribution in [-0.4, -0.2) is 41.5 Å². The second kappa shape index (κ2) is 9.11. The number of carbonyl (C=O) groups excluding carboxylic acids is 1. The minimum atomic E-state index is -1.07. The van der Waals surface area contributed by atoms with Crippen molar-refractivity contribution >= 4 is 28.6 Å². The van der Waals surface area contributed by atoms with E-state index >= 15 is 0 Å². The van der Waals surface area contributed by atoms with Gasteiger partial charge in [-0.2, -0.15) is 0 Å². The molecule has 0 aliphatic carbocycles. The molecule has 0 saturated carbocycles. The lowest BCUT2D eigenvalue weighted by molar-refractivity contribution is 0.0695. The molecular weight excluding hydrogens is 432 g/mol. The average molecular weight is 457 g/mol. The van der Waals surface area contributed by atoms with Crippen LogP contribution in [0.1, 0.15) is 31.8 Å². The maximum absolute atomic E-state index is 12.6. The second-order valence-electron chi connectivity index (χ2n) is 7.74. The molecule has 1 aromatic heterocycles. The van der Waals surface area contributed by atoms with Crippen LogP contribution in [0, 0.1) is 5.41 Å². The summed E-state index contributed by atoms with van der Waals surface area (Å²) in [6, 6.07) is 17.9. The smallest absolute Gasteiger partial charge is 0.336 e. The number of carboxylic acid groups (broad SMARTS) is 1. The summed E-state index contributed by atoms with van der Waals surface area (Å²) >= 11 is 0. The second-order valence-corrected chi connectivity index (χ2v) is 7.74. The number of nitrogens with zero attached hydrogens (tertiary/aromatic N) is 1. The van der Waals surface area contributed by atoms with Crippen molar-refractivity contribution in [1.82, 2.24) is 9.88 Å². The van der Waals surface area contributed by atoms with E-state index in [-0.39, 0.29) is 23.9 Å². The van der Waals surface area contributed by atoms with Crippen molar-refractivity contribution in [2.24, 2.45) is 5.73 Å². The van der Waals surface area contributed by atoms with E-state index < -0.39 is 5.97 Å². The summed E-state index contributed by atoms with van der Waals surface area (Å²) in [6.07, 6.45) is 1.67. The summed E-state index contributed by atoms with van der Waals surface area (Å²) in [5.74, 6) is -1.05. The van der Waals surface area contributed by atoms with Crippen LogP contribution < -0.4 is 15.8 Å². The molecule has 0 unspecified atom stereocenters. The zero-order valence-electron chi connectivity index (χ0n) is 18.8. The van der Waals surface area contributed by atoms with E-state index in [9.17, 15) is 14.7 Å². The van der Waals surface area contributed by atoms with Gasteiger partial charge in [-0.05, 0) is 41.5 Å². The fourth-order valence-corrected chi connectivity index (χ4v) is 4.16. The van der Waals surface area contributed by atoms with Gasteiger partial charge in [-0.15, -0.1) is 0 Å². The molecule has 5 N–H and O–H groups in total. The third kappa shape index (κ3) is 3.97. The number of carbonyl (C=O) groups is 2. The highest BCUT2D eigenvalue weighted by Crippen LogP contribution is 2.34. The van der Waals surface area contributed by atoms with E-state index in [0.29, 0.717) is 38.9 Å². The number of rotatable bonds is 7. The van der Waals surface area contributed by atoms with Gasteiger partial charge in [0.1, 0.15) is 11.6 Å². The van der Waals surface area contributed by atoms with Crippen molar-refractivity contribution in [3.05, 3.63) is 89.1 Å². The van der Waals surface area contributed by atoms with Crippen LogP contribution in [0.4, 0.5) is 0 Å². The number of aromatic carboxylic acids is 1. The molecule has 0 fully saturated rings. The number of amides is 1. The molecule has 34 heavy (non-hydrogen) atoms. The van der Waals surface area contributed by atoms with E-state index in [0.717, 1.165) is 5.56 Å². The Labute approximate surface area is 196 Å². The monoisotopic (exact) mass is 456 g/mol. The fraction of sp³-hybridized carbons (Fsp3) is 0.115. The Kier molecular flexibility index (Phi) is 6.05. The highest BCUT2D eigenvalue weighted by Gasteiger charge is 2.23. The highest BCUT2D eigenvalue weighted by atomic mass is 16.5. The van der Waals surface area contributed by atoms with E-state index in [2.05, 4.69) is 5.32 Å². The van der Waals surface area contributed by atoms with Gasteiger partial charge in [0, 0.05) is 35.3 Å². The van der Waals surface area contributed by atoms with Gasteiger partial charge in [-0.1, -0.05) is 30.3 Å². The van der Waals surface area contributed by atoms with E-state index in [1.807, 2.05) is 34.9 Å². The first-order chi connectivity index (χ1) is 16.3. The van der Waals surface area contributed by atoms with Crippen molar-refractivity contribution < 1.29 is 19.4 Å². The number of aromatic nitrogens is 1. The van der Waals surface area contributed by atoms with E-state index in [1.165, 1.54) is 14.2 Å². The van der Waals surface area contributed by atoms with Crippen molar-refractivity contribution in [3.63, 3.8) is 0 Å². The number of ether oxygens (including phenoxy) is 1. The molecule has 4 rings (SSSR count). The lowest BCUT2D eigenvalue weighted by Gasteiger charge is -2.17. The van der Waals surface area contributed by atoms with Crippen molar-refractivity contribution in [2.75, 3.05) is 14.2 Å². The summed E-state index contributed by atoms with van der Waals surface area (Å²) in [5.41, 5.74) is 9.21. The molecule has 0 atom stereocenters. The number of nitrogen functional groups attached to an aromatic ring is 1. The van der Waals surface area contributed by atoms with Crippen LogP contribution in [0.15, 0.2) is 66.9 Å². The number of hydrogen-bond acceptors (Lipinski definition) is 4. The average Bonchev–Trinajstić information content (AvgIpc) is 3.21. The molecule has 0 radical (unpaired) electrons. The molecule has 0 spiro atoms. The number of nitrogens with two attached hydrogens (primary N) is 1. The third-order valence-electron chi connectivity index (χ3n) is 5.78. The predicted octanol–water partition coefficient (Wildman–Crippen LogP) is 3.71. The standard InChI is InChI=1S/C26H24N4O4/c1-29-25(31)19-13-30(21-10-8-16(24(27)28)12-18(19)21)14-20-22(34-2)11-9-17(23(20)26(32)33)15-6-4-3-5-7-15/h3-13H,14H2,1-2H3,(H3,27,28)(H,29,31)(H,32,33). The Balaban J connectivity index is 1.95. The lowest BCUT2D eigenvalue weighted by atomic mass is 9.94. The Morgan fingerprint density at radius 2 is 1.85 bits per heavy atom. The minimum absolute atomic E-state index is 0.108. The maximum Gasteiger partial charge on any atom is 0.336 e. The molecule has 3 aromatic carbocycles. The summed E-state index contributed by atoms with van der Waals surface area (Å²) < 4.78 is 7.35. The van der Waals surface area contributed by atoms with Crippen molar-refractivity contribution in [2.45, 2.75) is 6.54 Å². The molecule has 4 aromatic rings. The summed E-state index contributed by atoms with van der Waals surface area (Å²) in [7, 11) is 3.03. The van der Waals surface area contributed by atoms with Gasteiger partial charge in [-0.25, -0.2) is 4.79 Å². The Bertz CT molecular complexity index is 1420. The van der Waals surface area contributed by atoms with Gasteiger partial charge in [0.05, 0.1) is 24.8 Å². The van der Waals surface area contributed by atoms with Gasteiger partial charge >= 0.3 is 5.97 Å². The maximum atomic E-state index is 12.6. The molecule has 0 bridgehead atoms. The van der Waals surface area contributed by atoms with Gasteiger partial charge < -0.3 is 25.5 Å². The lowest BCUT2D eigenvalue weighted by Crippen LogP contribution is -2.17. The Morgan fingerprint density at radius 3 is 2.47 bits per heavy atom. The third-order valence-corrected chi connectivity index (χ3v) is 5.78. The first kappa shape index (κ1) is 22.6. The number of fused-ring (bicyclic) bond motifs is 1. The van der Waals surface area contributed by atoms with Crippen LogP contribution in [0.3, 0.4) is 0 Å². The molecule has 1 amide bonds. The molecular formula is C26H24N4O4. The SMILES string of the molecule is CNC(=O)c1cn(Cc2c(OC)ccc(-c3ccccc3)c2C(=O)O)c2ccc(C(=N)N)cc12. The number of nitrogens with one attached hydrogen (secondary N) is 2. The van der Waals surface area contributed by atoms with Gasteiger partial charge in [0.25, 0.3) is 5.91 Å². The first-order valence-electron chi connectivity index (χ1n) is 10.5. The van der Waals surface area contributed by atoms with Crippen molar-refractivity contribution in [3.8, 4) is 16.9 Å². The van der Waals surface area contributed by atoms with E-state index in [1.54, 1.807) is 36.5 Å². The largest absolute Gasteiger partial charge is 0.496 e. The molecule has 8 heteroatoms. The van der Waals surface area contributed by atoms with Crippen LogP contribution >= 0.6 is 0 Å². The molecule has 0 aliphatic heterocycles. The zero-order chi connectivity index (χ0) is 24.4. The number of benzene rings is 3. The van der Waals surface area contributed by atoms with Gasteiger partial charge in [0.15, 0.2) is 0 Å². The quantitative estimate of drug-likeness (QED) is 0.249. The first-order valence-corrected chi connectivity index (χ1v) is 10.5. The minimum Gasteiger partial charge on any atom is -0.496 e. The van der Waals surface area contributed by atoms with Gasteiger partial charge in [0.2, 0.25) is 0 Å². The summed E-state index contributed by atoms with van der Waals surface area (Å²) in [4.78, 5) is 25.0. The number of hydrogen-bond donors (Lipinski definition) is 4. The number of methoxy groups -OCH3 is 1. The number of carboxylic acids is 1. The van der Waals surface area contributed by atoms with Crippen LogP contribution in [0.2, 0.25) is 0 Å². The van der Waals surface area contributed by atoms with Crippen LogP contribution in [0.5, 0.6) is 5.75 Å².